The van der Waals surface area contributed by atoms with Crippen LogP contribution in [-0.4, -0.2) is 35.9 Å². The molecule has 0 spiro atoms. The van der Waals surface area contributed by atoms with E-state index in [0.29, 0.717) is 10.6 Å². The largest absolute Gasteiger partial charge is 0.497 e. The molecule has 7 heteroatoms. The number of guanidine groups is 1. The molecule has 0 radical (unpaired) electrons. The van der Waals surface area contributed by atoms with Crippen LogP contribution in [0.5, 0.6) is 11.5 Å². The zero-order valence-electron chi connectivity index (χ0n) is 9.41. The van der Waals surface area contributed by atoms with E-state index in [1.807, 2.05) is 0 Å². The maximum absolute atomic E-state index is 9.11. The third-order valence-electron chi connectivity index (χ3n) is 1.77. The lowest BCUT2D eigenvalue weighted by Gasteiger charge is -2.02. The molecule has 17 heavy (non-hydrogen) atoms. The minimum Gasteiger partial charge on any atom is -0.497 e. The zero-order chi connectivity index (χ0) is 12.7. The van der Waals surface area contributed by atoms with E-state index in [1.165, 1.54) is 6.21 Å². The van der Waals surface area contributed by atoms with Crippen molar-refractivity contribution in [3.63, 3.8) is 0 Å². The zero-order valence-corrected chi connectivity index (χ0v) is 9.41. The minimum absolute atomic E-state index is 0.125. The molecular formula is C10H15N4O3+. The van der Waals surface area contributed by atoms with Gasteiger partial charge in [0, 0.05) is 0 Å². The third-order valence-corrected chi connectivity index (χ3v) is 1.77. The number of methoxy groups -OCH3 is 1. The van der Waals surface area contributed by atoms with Crippen molar-refractivity contribution < 1.29 is 19.5 Å². The van der Waals surface area contributed by atoms with Gasteiger partial charge in [0.25, 0.3) is 12.2 Å². The lowest BCUT2D eigenvalue weighted by molar-refractivity contribution is -0.777. The normalized spacial score (nSPS) is 10.8. The number of hydrogen-bond acceptors (Lipinski definition) is 4. The van der Waals surface area contributed by atoms with Crippen LogP contribution in [0.4, 0.5) is 0 Å². The predicted molar refractivity (Wildman–Crippen MR) is 62.4 cm³/mol. The van der Waals surface area contributed by atoms with Gasteiger partial charge in [-0.2, -0.15) is 0 Å². The van der Waals surface area contributed by atoms with Crippen LogP contribution in [0.25, 0.3) is 0 Å². The van der Waals surface area contributed by atoms with Crippen molar-refractivity contribution in [3.8, 4) is 11.5 Å². The van der Waals surface area contributed by atoms with E-state index in [0.717, 1.165) is 5.75 Å². The molecule has 0 amide bonds. The fraction of sp³-hybridized carbons (Fsp3) is 0.200. The Morgan fingerprint density at radius 1 is 1.35 bits per heavy atom. The average Bonchev–Trinajstić information content (AvgIpc) is 2.29. The van der Waals surface area contributed by atoms with Crippen LogP contribution in [-0.2, 0) is 0 Å². The Morgan fingerprint density at radius 2 is 1.94 bits per heavy atom. The van der Waals surface area contributed by atoms with Crippen molar-refractivity contribution in [1.29, 1.82) is 0 Å². The fourth-order valence-corrected chi connectivity index (χ4v) is 1.03. The Morgan fingerprint density at radius 3 is 2.47 bits per heavy atom. The van der Waals surface area contributed by atoms with Crippen molar-refractivity contribution in [3.05, 3.63) is 24.3 Å². The van der Waals surface area contributed by atoms with Gasteiger partial charge in [-0.3, -0.25) is 5.21 Å². The van der Waals surface area contributed by atoms with Gasteiger partial charge >= 0.3 is 0 Å². The van der Waals surface area contributed by atoms with Gasteiger partial charge in [0.2, 0.25) is 0 Å². The molecule has 1 aromatic carbocycles. The Kier molecular flexibility index (Phi) is 4.61. The van der Waals surface area contributed by atoms with E-state index >= 15 is 0 Å². The van der Waals surface area contributed by atoms with Crippen LogP contribution in [0.15, 0.2) is 29.4 Å². The van der Waals surface area contributed by atoms with Crippen LogP contribution in [0.1, 0.15) is 0 Å². The summed E-state index contributed by atoms with van der Waals surface area (Å²) in [6.45, 7) is 0.125. The Labute approximate surface area is 98.5 Å². The molecule has 0 aliphatic carbocycles. The van der Waals surface area contributed by atoms with Crippen LogP contribution < -0.4 is 20.9 Å². The highest BCUT2D eigenvalue weighted by atomic mass is 16.5. The molecule has 0 aromatic heterocycles. The first-order valence-electron chi connectivity index (χ1n) is 4.79. The maximum atomic E-state index is 9.11. The summed E-state index contributed by atoms with van der Waals surface area (Å²) in [5.41, 5.74) is 10.1. The molecule has 0 bridgehead atoms. The fourth-order valence-electron chi connectivity index (χ4n) is 1.03. The summed E-state index contributed by atoms with van der Waals surface area (Å²) in [6.07, 6.45) is 1.27. The number of hydrazone groups is 1. The van der Waals surface area contributed by atoms with Crippen molar-refractivity contribution in [1.82, 2.24) is 0 Å². The van der Waals surface area contributed by atoms with Gasteiger partial charge in [0.1, 0.15) is 16.3 Å². The number of ether oxygens (including phenoxy) is 2. The summed E-state index contributed by atoms with van der Waals surface area (Å²) < 4.78 is 10.3. The number of nitrogens with two attached hydrogens (primary N) is 2. The molecule has 0 atom stereocenters. The van der Waals surface area contributed by atoms with E-state index < -0.39 is 0 Å². The Balaban J connectivity index is 2.48. The first-order chi connectivity index (χ1) is 8.11. The molecule has 7 nitrogen and oxygen atoms in total. The number of rotatable bonds is 5. The molecule has 1 rings (SSSR count). The standard InChI is InChI=1S/C10H15N4O3/c1-16-8-2-4-9(5-3-8)17-7-6-14(15)13-10(11)12/h2-6,15H,7H2,1H3,(H4,11,12,13)/q+1/b14-6+. The molecule has 0 fully saturated rings. The summed E-state index contributed by atoms with van der Waals surface area (Å²) in [5, 5.41) is 12.5. The highest BCUT2D eigenvalue weighted by molar-refractivity contribution is 5.75. The van der Waals surface area contributed by atoms with Gasteiger partial charge in [-0.1, -0.05) is 0 Å². The highest BCUT2D eigenvalue weighted by Gasteiger charge is 1.99. The first-order valence-corrected chi connectivity index (χ1v) is 4.79. The summed E-state index contributed by atoms with van der Waals surface area (Å²) in [6, 6.07) is 7.02. The monoisotopic (exact) mass is 239 g/mol. The van der Waals surface area contributed by atoms with Crippen LogP contribution in [0.2, 0.25) is 0 Å². The smallest absolute Gasteiger partial charge is 0.268 e. The molecule has 5 N–H and O–H groups in total. The summed E-state index contributed by atoms with van der Waals surface area (Å²) in [4.78, 5) is 0.499. The van der Waals surface area contributed by atoms with Crippen molar-refractivity contribution in [2.45, 2.75) is 0 Å². The number of nitrogens with zero attached hydrogens (tertiary/aromatic N) is 2. The van der Waals surface area contributed by atoms with Crippen molar-refractivity contribution >= 4 is 12.2 Å². The Hall–Kier alpha value is -2.44. The van der Waals surface area contributed by atoms with Gasteiger partial charge in [0.15, 0.2) is 6.61 Å². The second-order valence-electron chi connectivity index (χ2n) is 3.01. The lowest BCUT2D eigenvalue weighted by Crippen LogP contribution is -2.25. The number of hydrogen-bond donors (Lipinski definition) is 3. The van der Waals surface area contributed by atoms with E-state index in [9.17, 15) is 0 Å². The van der Waals surface area contributed by atoms with E-state index in [2.05, 4.69) is 5.10 Å². The van der Waals surface area contributed by atoms with E-state index in [1.54, 1.807) is 31.4 Å². The topological polar surface area (TPSA) is 106 Å². The molecule has 1 aromatic rings. The van der Waals surface area contributed by atoms with E-state index in [4.69, 9.17) is 26.1 Å². The predicted octanol–water partition coefficient (Wildman–Crippen LogP) is -0.265. The second-order valence-corrected chi connectivity index (χ2v) is 3.01. The van der Waals surface area contributed by atoms with Crippen LogP contribution >= 0.6 is 0 Å². The summed E-state index contributed by atoms with van der Waals surface area (Å²) >= 11 is 0. The molecule has 0 heterocycles. The van der Waals surface area contributed by atoms with Gasteiger partial charge in [-0.05, 0) is 24.3 Å². The third kappa shape index (κ3) is 4.74. The van der Waals surface area contributed by atoms with E-state index in [-0.39, 0.29) is 12.6 Å². The summed E-state index contributed by atoms with van der Waals surface area (Å²) in [5.74, 6) is 1.14. The second kappa shape index (κ2) is 6.21. The van der Waals surface area contributed by atoms with Crippen LogP contribution in [0.3, 0.4) is 0 Å². The Bertz CT molecular complexity index is 410. The molecule has 92 valence electrons. The van der Waals surface area contributed by atoms with Gasteiger partial charge in [-0.15, -0.1) is 0 Å². The van der Waals surface area contributed by atoms with Crippen LogP contribution in [0, 0.1) is 0 Å². The minimum atomic E-state index is -0.242. The molecule has 0 aliphatic rings. The number of benzene rings is 1. The summed E-state index contributed by atoms with van der Waals surface area (Å²) in [7, 11) is 1.59. The first kappa shape index (κ1) is 12.6. The lowest BCUT2D eigenvalue weighted by atomic mass is 10.3. The van der Waals surface area contributed by atoms with Gasteiger partial charge in [-0.25, -0.2) is 0 Å². The van der Waals surface area contributed by atoms with Crippen molar-refractivity contribution in [2.75, 3.05) is 13.7 Å². The SMILES string of the molecule is COc1ccc(OC/C=[N+](/O)N=C(N)N)cc1. The van der Waals surface area contributed by atoms with Gasteiger partial charge in [0.05, 0.1) is 12.2 Å². The maximum Gasteiger partial charge on any atom is 0.268 e. The van der Waals surface area contributed by atoms with Gasteiger partial charge < -0.3 is 20.9 Å². The molecule has 0 saturated carbocycles. The quantitative estimate of drug-likeness (QED) is 0.216. The highest BCUT2D eigenvalue weighted by Crippen LogP contribution is 2.16. The molecule has 0 aliphatic heterocycles. The average molecular weight is 239 g/mol. The molecule has 0 unspecified atom stereocenters. The molecular weight excluding hydrogens is 224 g/mol. The van der Waals surface area contributed by atoms with Crippen molar-refractivity contribution in [2.24, 2.45) is 16.6 Å². The molecule has 0 saturated heterocycles.